The lowest BCUT2D eigenvalue weighted by atomic mass is 9.87. The van der Waals surface area contributed by atoms with Gasteiger partial charge in [0.1, 0.15) is 0 Å². The summed E-state index contributed by atoms with van der Waals surface area (Å²) in [7, 11) is 0. The van der Waals surface area contributed by atoms with E-state index in [0.717, 1.165) is 11.1 Å². The fourth-order valence-electron chi connectivity index (χ4n) is 2.84. The topological polar surface area (TPSA) is 41.5 Å². The van der Waals surface area contributed by atoms with Gasteiger partial charge in [0.15, 0.2) is 0 Å². The summed E-state index contributed by atoms with van der Waals surface area (Å²) in [6.07, 6.45) is 3.89. The van der Waals surface area contributed by atoms with Crippen LogP contribution >= 0.6 is 0 Å². The highest BCUT2D eigenvalue weighted by Gasteiger charge is 2.14. The molecule has 3 nitrogen and oxygen atoms in total. The van der Waals surface area contributed by atoms with Crippen molar-refractivity contribution in [3.8, 4) is 0 Å². The Kier molecular flexibility index (Phi) is 6.40. The molecule has 0 aliphatic heterocycles. The van der Waals surface area contributed by atoms with Gasteiger partial charge in [0.2, 0.25) is 0 Å². The zero-order chi connectivity index (χ0) is 20.7. The number of carbonyl (C=O) groups is 1. The fourth-order valence-corrected chi connectivity index (χ4v) is 2.84. The molecular weight excluding hydrogens is 356 g/mol. The van der Waals surface area contributed by atoms with Gasteiger partial charge in [0.05, 0.1) is 5.71 Å². The van der Waals surface area contributed by atoms with Crippen LogP contribution in [0.25, 0.3) is 6.08 Å². The number of nitrogens with one attached hydrogen (secondary N) is 1. The van der Waals surface area contributed by atoms with E-state index in [-0.39, 0.29) is 11.3 Å². The number of rotatable bonds is 5. The number of allylic oxidation sites excluding steroid dienone is 1. The predicted molar refractivity (Wildman–Crippen MR) is 121 cm³/mol. The lowest BCUT2D eigenvalue weighted by Gasteiger charge is -2.18. The fraction of sp³-hybridized carbons (Fsp3) is 0.154. The Labute approximate surface area is 172 Å². The molecule has 0 atom stereocenters. The maximum absolute atomic E-state index is 12.6. The van der Waals surface area contributed by atoms with Crippen molar-refractivity contribution < 1.29 is 4.79 Å². The molecule has 0 aromatic heterocycles. The molecule has 1 N–H and O–H groups in total. The monoisotopic (exact) mass is 382 g/mol. The van der Waals surface area contributed by atoms with Crippen LogP contribution in [0.3, 0.4) is 0 Å². The standard InChI is InChI=1S/C26H26N2O/c1-26(2,3)23-17-15-22(16-18-23)25(29)28-27-24(21-12-8-5-9-13-21)19-14-20-10-6-4-7-11-20/h4-19H,1-3H3,(H,28,29)/b19-14+,27-24-. The second-order valence-electron chi connectivity index (χ2n) is 7.88. The minimum absolute atomic E-state index is 0.0515. The van der Waals surface area contributed by atoms with Gasteiger partial charge in [0, 0.05) is 11.1 Å². The summed E-state index contributed by atoms with van der Waals surface area (Å²) in [6, 6.07) is 27.5. The van der Waals surface area contributed by atoms with Crippen LogP contribution in [0.1, 0.15) is 47.8 Å². The van der Waals surface area contributed by atoms with Crippen LogP contribution in [0, 0.1) is 0 Å². The number of amides is 1. The Morgan fingerprint density at radius 1 is 0.793 bits per heavy atom. The van der Waals surface area contributed by atoms with Crippen molar-refractivity contribution in [2.75, 3.05) is 0 Å². The van der Waals surface area contributed by atoms with Gasteiger partial charge in [-0.3, -0.25) is 4.79 Å². The van der Waals surface area contributed by atoms with Gasteiger partial charge in [0.25, 0.3) is 5.91 Å². The molecule has 3 heteroatoms. The highest BCUT2D eigenvalue weighted by Crippen LogP contribution is 2.22. The molecule has 0 fully saturated rings. The van der Waals surface area contributed by atoms with E-state index in [4.69, 9.17) is 0 Å². The van der Waals surface area contributed by atoms with Gasteiger partial charge in [-0.15, -0.1) is 0 Å². The van der Waals surface area contributed by atoms with Gasteiger partial charge < -0.3 is 0 Å². The minimum Gasteiger partial charge on any atom is -0.267 e. The van der Waals surface area contributed by atoms with Crippen LogP contribution in [0.2, 0.25) is 0 Å². The van der Waals surface area contributed by atoms with E-state index in [1.807, 2.05) is 97.1 Å². The first kappa shape index (κ1) is 20.3. The van der Waals surface area contributed by atoms with Crippen LogP contribution in [0.5, 0.6) is 0 Å². The normalized spacial score (nSPS) is 12.2. The molecule has 0 saturated heterocycles. The van der Waals surface area contributed by atoms with Crippen molar-refractivity contribution in [1.29, 1.82) is 0 Å². The number of hydrazone groups is 1. The third-order valence-corrected chi connectivity index (χ3v) is 4.59. The van der Waals surface area contributed by atoms with Gasteiger partial charge in [-0.2, -0.15) is 5.10 Å². The summed E-state index contributed by atoms with van der Waals surface area (Å²) in [5.74, 6) is -0.230. The van der Waals surface area contributed by atoms with Crippen molar-refractivity contribution in [3.63, 3.8) is 0 Å². The number of hydrogen-bond donors (Lipinski definition) is 1. The van der Waals surface area contributed by atoms with E-state index in [2.05, 4.69) is 31.3 Å². The molecule has 0 unspecified atom stereocenters. The van der Waals surface area contributed by atoms with Crippen molar-refractivity contribution in [3.05, 3.63) is 113 Å². The van der Waals surface area contributed by atoms with Gasteiger partial charge in [-0.05, 0) is 34.8 Å². The van der Waals surface area contributed by atoms with Crippen LogP contribution in [-0.4, -0.2) is 11.6 Å². The van der Waals surface area contributed by atoms with Crippen molar-refractivity contribution in [2.24, 2.45) is 5.10 Å². The number of benzene rings is 3. The molecule has 0 aliphatic carbocycles. The zero-order valence-electron chi connectivity index (χ0n) is 17.1. The molecule has 3 aromatic carbocycles. The van der Waals surface area contributed by atoms with Crippen molar-refractivity contribution in [1.82, 2.24) is 5.43 Å². The molecule has 0 aliphatic rings. The molecule has 0 spiro atoms. The first-order chi connectivity index (χ1) is 13.9. The highest BCUT2D eigenvalue weighted by molar-refractivity contribution is 6.11. The first-order valence-electron chi connectivity index (χ1n) is 9.70. The van der Waals surface area contributed by atoms with E-state index in [1.54, 1.807) is 0 Å². The highest BCUT2D eigenvalue weighted by atomic mass is 16.2. The van der Waals surface area contributed by atoms with Gasteiger partial charge in [-0.25, -0.2) is 5.43 Å². The lowest BCUT2D eigenvalue weighted by molar-refractivity contribution is 0.0955. The van der Waals surface area contributed by atoms with E-state index in [9.17, 15) is 4.79 Å². The number of carbonyl (C=O) groups excluding carboxylic acids is 1. The summed E-state index contributed by atoms with van der Waals surface area (Å²) in [5, 5.41) is 4.39. The zero-order valence-corrected chi connectivity index (χ0v) is 17.1. The average molecular weight is 383 g/mol. The molecule has 0 bridgehead atoms. The van der Waals surface area contributed by atoms with Gasteiger partial charge in [-0.1, -0.05) is 99.6 Å². The second-order valence-corrected chi connectivity index (χ2v) is 7.88. The van der Waals surface area contributed by atoms with Crippen molar-refractivity contribution >= 4 is 17.7 Å². The third-order valence-electron chi connectivity index (χ3n) is 4.59. The molecule has 1 amide bonds. The largest absolute Gasteiger partial charge is 0.271 e. The summed E-state index contributed by atoms with van der Waals surface area (Å²) < 4.78 is 0. The van der Waals surface area contributed by atoms with Crippen LogP contribution in [-0.2, 0) is 5.41 Å². The Bertz CT molecular complexity index is 996. The Morgan fingerprint density at radius 2 is 1.38 bits per heavy atom. The number of nitrogens with zero attached hydrogens (tertiary/aromatic N) is 1. The van der Waals surface area contributed by atoms with E-state index < -0.39 is 0 Å². The van der Waals surface area contributed by atoms with Crippen LogP contribution in [0.15, 0.2) is 96.1 Å². The minimum atomic E-state index is -0.230. The summed E-state index contributed by atoms with van der Waals surface area (Å²) in [6.45, 7) is 6.45. The molecule has 0 saturated carbocycles. The predicted octanol–water partition coefficient (Wildman–Crippen LogP) is 5.83. The molecule has 29 heavy (non-hydrogen) atoms. The average Bonchev–Trinajstić information content (AvgIpc) is 2.74. The maximum Gasteiger partial charge on any atom is 0.271 e. The summed E-state index contributed by atoms with van der Waals surface area (Å²) in [4.78, 5) is 12.6. The van der Waals surface area contributed by atoms with E-state index >= 15 is 0 Å². The SMILES string of the molecule is CC(C)(C)c1ccc(C(=O)N/N=C(/C=C/c2ccccc2)c2ccccc2)cc1. The smallest absolute Gasteiger partial charge is 0.267 e. The van der Waals surface area contributed by atoms with Crippen molar-refractivity contribution in [2.45, 2.75) is 26.2 Å². The Balaban J connectivity index is 1.80. The number of hydrogen-bond acceptors (Lipinski definition) is 2. The molecule has 146 valence electrons. The molecule has 3 rings (SSSR count). The second kappa shape index (κ2) is 9.16. The summed E-state index contributed by atoms with van der Waals surface area (Å²) >= 11 is 0. The summed E-state index contributed by atoms with van der Waals surface area (Å²) in [5.41, 5.74) is 7.21. The molecule has 3 aromatic rings. The molecule has 0 radical (unpaired) electrons. The molecule has 0 heterocycles. The quantitative estimate of drug-likeness (QED) is 0.438. The first-order valence-corrected chi connectivity index (χ1v) is 9.70. The third kappa shape index (κ3) is 5.76. The Hall–Kier alpha value is -3.46. The van der Waals surface area contributed by atoms with E-state index in [1.165, 1.54) is 5.56 Å². The van der Waals surface area contributed by atoms with Gasteiger partial charge >= 0.3 is 0 Å². The lowest BCUT2D eigenvalue weighted by Crippen LogP contribution is -2.20. The Morgan fingerprint density at radius 3 is 1.97 bits per heavy atom. The molecular formula is C26H26N2O. The van der Waals surface area contributed by atoms with E-state index in [0.29, 0.717) is 11.3 Å². The maximum atomic E-state index is 12.6. The van der Waals surface area contributed by atoms with Crippen LogP contribution < -0.4 is 5.43 Å². The van der Waals surface area contributed by atoms with Crippen LogP contribution in [0.4, 0.5) is 0 Å².